The summed E-state index contributed by atoms with van der Waals surface area (Å²) in [5.74, 6) is 0.670. The Labute approximate surface area is 110 Å². The normalized spacial score (nSPS) is 10.9. The van der Waals surface area contributed by atoms with Gasteiger partial charge in [0, 0.05) is 6.20 Å². The summed E-state index contributed by atoms with van der Waals surface area (Å²) in [4.78, 5) is 4.25. The molecule has 17 heavy (non-hydrogen) atoms. The first kappa shape index (κ1) is 10.7. The van der Waals surface area contributed by atoms with Crippen LogP contribution in [0, 0.1) is 0 Å². The third kappa shape index (κ3) is 1.81. The van der Waals surface area contributed by atoms with Gasteiger partial charge in [0.15, 0.2) is 5.82 Å². The molecule has 0 saturated carbocycles. The van der Waals surface area contributed by atoms with Gasteiger partial charge in [-0.15, -0.1) is 5.10 Å². The molecular formula is C11H6BrClN4. The van der Waals surface area contributed by atoms with Crippen LogP contribution in [0.15, 0.2) is 41.0 Å². The van der Waals surface area contributed by atoms with Gasteiger partial charge in [0.25, 0.3) is 0 Å². The van der Waals surface area contributed by atoms with Crippen LogP contribution in [0.25, 0.3) is 16.9 Å². The van der Waals surface area contributed by atoms with Gasteiger partial charge in [-0.25, -0.2) is 4.98 Å². The van der Waals surface area contributed by atoms with Crippen LogP contribution in [-0.2, 0) is 0 Å². The maximum Gasteiger partial charge on any atom is 0.170 e. The quantitative estimate of drug-likeness (QED) is 0.693. The second-order valence-electron chi connectivity index (χ2n) is 3.45. The molecule has 0 aliphatic rings. The lowest BCUT2D eigenvalue weighted by Crippen LogP contribution is -2.00. The van der Waals surface area contributed by atoms with Gasteiger partial charge in [-0.2, -0.15) is 4.68 Å². The van der Waals surface area contributed by atoms with E-state index in [4.69, 9.17) is 11.6 Å². The van der Waals surface area contributed by atoms with Crippen molar-refractivity contribution in [1.29, 1.82) is 0 Å². The van der Waals surface area contributed by atoms with E-state index in [1.54, 1.807) is 16.9 Å². The van der Waals surface area contributed by atoms with Gasteiger partial charge in [-0.1, -0.05) is 28.9 Å². The molecular weight excluding hydrogens is 304 g/mol. The Bertz CT molecular complexity index is 695. The number of rotatable bonds is 1. The first-order valence-corrected chi connectivity index (χ1v) is 6.04. The van der Waals surface area contributed by atoms with Crippen LogP contribution in [0.5, 0.6) is 0 Å². The molecule has 0 unspecified atom stereocenters. The lowest BCUT2D eigenvalue weighted by atomic mass is 10.3. The standard InChI is InChI=1S/C11H6BrClN4/c12-8-5-7(13)6-14-11(8)17-10-4-2-1-3-9(10)15-16-17/h1-6H. The Kier molecular flexibility index (Phi) is 2.57. The minimum atomic E-state index is 0.574. The van der Waals surface area contributed by atoms with E-state index >= 15 is 0 Å². The van der Waals surface area contributed by atoms with E-state index in [1.807, 2.05) is 24.3 Å². The van der Waals surface area contributed by atoms with Gasteiger partial charge >= 0.3 is 0 Å². The topological polar surface area (TPSA) is 43.6 Å². The fraction of sp³-hybridized carbons (Fsp3) is 0. The van der Waals surface area contributed by atoms with Crippen molar-refractivity contribution in [3.8, 4) is 5.82 Å². The highest BCUT2D eigenvalue weighted by Gasteiger charge is 2.10. The Morgan fingerprint density at radius 3 is 2.88 bits per heavy atom. The number of nitrogens with zero attached hydrogens (tertiary/aromatic N) is 4. The molecule has 4 nitrogen and oxygen atoms in total. The maximum atomic E-state index is 5.86. The SMILES string of the molecule is Clc1cnc(-n2nnc3ccccc32)c(Br)c1. The molecule has 3 rings (SSSR count). The fourth-order valence-electron chi connectivity index (χ4n) is 1.59. The highest BCUT2D eigenvalue weighted by Crippen LogP contribution is 2.24. The molecule has 0 spiro atoms. The lowest BCUT2D eigenvalue weighted by Gasteiger charge is -2.03. The molecule has 0 atom stereocenters. The summed E-state index contributed by atoms with van der Waals surface area (Å²) in [6.07, 6.45) is 1.58. The van der Waals surface area contributed by atoms with Gasteiger partial charge < -0.3 is 0 Å². The van der Waals surface area contributed by atoms with Gasteiger partial charge in [0.2, 0.25) is 0 Å². The fourth-order valence-corrected chi connectivity index (χ4v) is 2.40. The molecule has 0 amide bonds. The van der Waals surface area contributed by atoms with Crippen molar-refractivity contribution in [3.05, 3.63) is 46.0 Å². The first-order valence-electron chi connectivity index (χ1n) is 4.87. The van der Waals surface area contributed by atoms with Crippen LogP contribution in [0.3, 0.4) is 0 Å². The van der Waals surface area contributed by atoms with Crippen LogP contribution >= 0.6 is 27.5 Å². The second kappa shape index (κ2) is 4.09. The molecule has 2 heterocycles. The van der Waals surface area contributed by atoms with Crippen molar-refractivity contribution in [2.75, 3.05) is 0 Å². The predicted molar refractivity (Wildman–Crippen MR) is 69.4 cm³/mol. The molecule has 0 aliphatic heterocycles. The van der Waals surface area contributed by atoms with Crippen LogP contribution < -0.4 is 0 Å². The minimum absolute atomic E-state index is 0.574. The molecule has 0 saturated heterocycles. The van der Waals surface area contributed by atoms with Crippen LogP contribution in [-0.4, -0.2) is 20.0 Å². The molecule has 6 heteroatoms. The van der Waals surface area contributed by atoms with E-state index in [0.29, 0.717) is 10.8 Å². The van der Waals surface area contributed by atoms with E-state index in [2.05, 4.69) is 31.2 Å². The van der Waals surface area contributed by atoms with E-state index < -0.39 is 0 Å². The number of halogens is 2. The van der Waals surface area contributed by atoms with Gasteiger partial charge in [0.05, 0.1) is 15.0 Å². The molecule has 0 aliphatic carbocycles. The Balaban J connectivity index is 2.27. The first-order chi connectivity index (χ1) is 8.25. The molecule has 1 aromatic carbocycles. The maximum absolute atomic E-state index is 5.86. The monoisotopic (exact) mass is 308 g/mol. The lowest BCUT2D eigenvalue weighted by molar-refractivity contribution is 0.798. The summed E-state index contributed by atoms with van der Waals surface area (Å²) in [5.41, 5.74) is 1.74. The number of pyridine rings is 1. The zero-order chi connectivity index (χ0) is 11.8. The van der Waals surface area contributed by atoms with E-state index in [0.717, 1.165) is 15.5 Å². The number of fused-ring (bicyclic) bond motifs is 1. The summed E-state index contributed by atoms with van der Waals surface area (Å²) >= 11 is 9.28. The van der Waals surface area contributed by atoms with E-state index in [1.165, 1.54) is 0 Å². The van der Waals surface area contributed by atoms with Crippen LogP contribution in [0.1, 0.15) is 0 Å². The number of para-hydroxylation sites is 1. The van der Waals surface area contributed by atoms with Crippen molar-refractivity contribution in [3.63, 3.8) is 0 Å². The molecule has 0 radical (unpaired) electrons. The number of hydrogen-bond acceptors (Lipinski definition) is 3. The van der Waals surface area contributed by atoms with Crippen molar-refractivity contribution < 1.29 is 0 Å². The molecule has 3 aromatic rings. The van der Waals surface area contributed by atoms with Crippen molar-refractivity contribution in [1.82, 2.24) is 20.0 Å². The second-order valence-corrected chi connectivity index (χ2v) is 4.74. The summed E-state index contributed by atoms with van der Waals surface area (Å²) in [7, 11) is 0. The smallest absolute Gasteiger partial charge is 0.170 e. The van der Waals surface area contributed by atoms with Crippen molar-refractivity contribution in [2.45, 2.75) is 0 Å². The summed E-state index contributed by atoms with van der Waals surface area (Å²) in [5, 5.41) is 8.74. The Morgan fingerprint density at radius 1 is 1.24 bits per heavy atom. The molecule has 0 N–H and O–H groups in total. The molecule has 2 aromatic heterocycles. The predicted octanol–water partition coefficient (Wildman–Crippen LogP) is 3.23. The Hall–Kier alpha value is -1.46. The van der Waals surface area contributed by atoms with Crippen molar-refractivity contribution >= 4 is 38.6 Å². The third-order valence-corrected chi connectivity index (χ3v) is 3.13. The number of hydrogen-bond donors (Lipinski definition) is 0. The third-order valence-electron chi connectivity index (χ3n) is 2.34. The van der Waals surface area contributed by atoms with E-state index in [9.17, 15) is 0 Å². The number of benzene rings is 1. The zero-order valence-corrected chi connectivity index (χ0v) is 10.9. The highest BCUT2D eigenvalue weighted by molar-refractivity contribution is 9.10. The minimum Gasteiger partial charge on any atom is -0.234 e. The highest BCUT2D eigenvalue weighted by atomic mass is 79.9. The van der Waals surface area contributed by atoms with Gasteiger partial charge in [0.1, 0.15) is 5.52 Å². The average Bonchev–Trinajstić information content (AvgIpc) is 2.73. The van der Waals surface area contributed by atoms with Gasteiger partial charge in [-0.05, 0) is 34.1 Å². The van der Waals surface area contributed by atoms with Gasteiger partial charge in [-0.3, -0.25) is 0 Å². The van der Waals surface area contributed by atoms with Crippen LogP contribution in [0.4, 0.5) is 0 Å². The van der Waals surface area contributed by atoms with Crippen molar-refractivity contribution in [2.24, 2.45) is 0 Å². The Morgan fingerprint density at radius 2 is 2.06 bits per heavy atom. The van der Waals surface area contributed by atoms with Crippen LogP contribution in [0.2, 0.25) is 5.02 Å². The van der Waals surface area contributed by atoms with E-state index in [-0.39, 0.29) is 0 Å². The number of aromatic nitrogens is 4. The molecule has 0 fully saturated rings. The summed E-state index contributed by atoms with van der Waals surface area (Å²) in [6, 6.07) is 9.48. The molecule has 84 valence electrons. The summed E-state index contributed by atoms with van der Waals surface area (Å²) in [6.45, 7) is 0. The zero-order valence-electron chi connectivity index (χ0n) is 8.51. The largest absolute Gasteiger partial charge is 0.234 e. The summed E-state index contributed by atoms with van der Waals surface area (Å²) < 4.78 is 2.45. The average molecular weight is 310 g/mol. The molecule has 0 bridgehead atoms.